The zero-order valence-corrected chi connectivity index (χ0v) is 15.8. The Balaban J connectivity index is 2.24. The Morgan fingerprint density at radius 3 is 2.44 bits per heavy atom. The van der Waals surface area contributed by atoms with Crippen molar-refractivity contribution in [2.75, 3.05) is 7.11 Å². The molecule has 6 nitrogen and oxygen atoms in total. The minimum atomic E-state index is -4.02. The largest absolute Gasteiger partial charge is 0.496 e. The van der Waals surface area contributed by atoms with Gasteiger partial charge in [-0.3, -0.25) is 0 Å². The van der Waals surface area contributed by atoms with Gasteiger partial charge in [-0.05, 0) is 48.4 Å². The van der Waals surface area contributed by atoms with Crippen molar-refractivity contribution in [3.63, 3.8) is 0 Å². The molecule has 0 spiro atoms. The molecule has 9 heteroatoms. The number of aliphatic hydroxyl groups is 1. The Bertz CT molecular complexity index is 891. The fourth-order valence-electron chi connectivity index (χ4n) is 2.16. The number of methoxy groups -OCH3 is 1. The van der Waals surface area contributed by atoms with Crippen LogP contribution in [0, 0.1) is 6.92 Å². The fraction of sp³-hybridized carbons (Fsp3) is 0.188. The molecule has 0 aliphatic heterocycles. The molecule has 0 amide bonds. The predicted octanol–water partition coefficient (Wildman–Crippen LogP) is 3.12. The van der Waals surface area contributed by atoms with Crippen molar-refractivity contribution in [2.24, 2.45) is 5.10 Å². The molecule has 0 unspecified atom stereocenters. The van der Waals surface area contributed by atoms with Crippen LogP contribution in [0.2, 0.25) is 10.0 Å². The van der Waals surface area contributed by atoms with Gasteiger partial charge in [-0.25, -0.2) is 0 Å². The number of sulfonamides is 1. The lowest BCUT2D eigenvalue weighted by molar-refractivity contribution is 0.274. The summed E-state index contributed by atoms with van der Waals surface area (Å²) in [6.45, 7) is 1.54. The molecule has 0 aliphatic rings. The van der Waals surface area contributed by atoms with Crippen molar-refractivity contribution in [3.8, 4) is 5.75 Å². The third kappa shape index (κ3) is 4.64. The lowest BCUT2D eigenvalue weighted by Crippen LogP contribution is -2.19. The first-order valence-corrected chi connectivity index (χ1v) is 9.30. The van der Waals surface area contributed by atoms with Crippen LogP contribution in [0.5, 0.6) is 5.75 Å². The maximum atomic E-state index is 12.3. The van der Waals surface area contributed by atoms with E-state index in [0.29, 0.717) is 16.9 Å². The average Bonchev–Trinajstić information content (AvgIpc) is 2.53. The van der Waals surface area contributed by atoms with E-state index >= 15 is 0 Å². The lowest BCUT2D eigenvalue weighted by Gasteiger charge is -2.09. The van der Waals surface area contributed by atoms with Gasteiger partial charge in [-0.2, -0.15) is 18.4 Å². The first-order valence-electron chi connectivity index (χ1n) is 7.06. The second-order valence-corrected chi connectivity index (χ2v) is 7.55. The van der Waals surface area contributed by atoms with E-state index in [2.05, 4.69) is 9.93 Å². The number of aliphatic hydroxyl groups excluding tert-OH is 1. The number of ether oxygens (including phenoxy) is 1. The van der Waals surface area contributed by atoms with E-state index in [1.165, 1.54) is 25.5 Å². The fourth-order valence-corrected chi connectivity index (χ4v) is 4.28. The van der Waals surface area contributed by atoms with Gasteiger partial charge in [0.1, 0.15) is 10.6 Å². The van der Waals surface area contributed by atoms with Crippen LogP contribution in [0.3, 0.4) is 0 Å². The zero-order chi connectivity index (χ0) is 18.6. The van der Waals surface area contributed by atoms with Gasteiger partial charge in [0.15, 0.2) is 0 Å². The number of hydrazone groups is 1. The summed E-state index contributed by atoms with van der Waals surface area (Å²) in [4.78, 5) is 1.84. The van der Waals surface area contributed by atoms with Crippen molar-refractivity contribution in [1.82, 2.24) is 4.83 Å². The van der Waals surface area contributed by atoms with Crippen LogP contribution in [0.25, 0.3) is 0 Å². The quantitative estimate of drug-likeness (QED) is 0.573. The number of aryl methyl sites for hydroxylation is 1. The number of nitrogens with zero attached hydrogens (tertiary/aromatic N) is 1. The summed E-state index contributed by atoms with van der Waals surface area (Å²) < 4.78 is 29.8. The topological polar surface area (TPSA) is 88.0 Å². The Morgan fingerprint density at radius 1 is 1.24 bits per heavy atom. The summed E-state index contributed by atoms with van der Waals surface area (Å²) in [6.07, 6.45) is 1.30. The molecule has 0 bridgehead atoms. The molecule has 2 aromatic rings. The van der Waals surface area contributed by atoms with Gasteiger partial charge < -0.3 is 9.84 Å². The molecule has 0 fully saturated rings. The number of rotatable bonds is 6. The van der Waals surface area contributed by atoms with E-state index < -0.39 is 10.0 Å². The summed E-state index contributed by atoms with van der Waals surface area (Å²) >= 11 is 12.0. The van der Waals surface area contributed by atoms with Crippen molar-refractivity contribution in [2.45, 2.75) is 18.4 Å². The molecule has 2 N–H and O–H groups in total. The standard InChI is InChI=1S/C16H16Cl2N2O4S/c1-10-5-13(17)16(14(18)6-10)25(22,23)20-19-8-11-3-4-15(24-2)12(7-11)9-21/h3-8,20-21H,9H2,1-2H3/b19-8-. The summed E-state index contributed by atoms with van der Waals surface area (Å²) in [7, 11) is -2.53. The molecule has 0 saturated carbocycles. The maximum absolute atomic E-state index is 12.3. The monoisotopic (exact) mass is 402 g/mol. The van der Waals surface area contributed by atoms with Gasteiger partial charge in [0.2, 0.25) is 0 Å². The number of benzene rings is 2. The van der Waals surface area contributed by atoms with E-state index in [1.807, 2.05) is 0 Å². The predicted molar refractivity (Wildman–Crippen MR) is 98.0 cm³/mol. The van der Waals surface area contributed by atoms with Crippen LogP contribution in [0.4, 0.5) is 0 Å². The molecule has 0 aromatic heterocycles. The summed E-state index contributed by atoms with van der Waals surface area (Å²) in [6, 6.07) is 7.95. The van der Waals surface area contributed by atoms with Crippen molar-refractivity contribution in [3.05, 3.63) is 57.1 Å². The Hall–Kier alpha value is -1.80. The van der Waals surface area contributed by atoms with Gasteiger partial charge >= 0.3 is 0 Å². The summed E-state index contributed by atoms with van der Waals surface area (Å²) in [5.41, 5.74) is 1.87. The smallest absolute Gasteiger partial charge is 0.279 e. The SMILES string of the molecule is COc1ccc(/C=N\NS(=O)(=O)c2c(Cl)cc(C)cc2Cl)cc1CO. The molecule has 0 aliphatic carbocycles. The number of hydrogen-bond acceptors (Lipinski definition) is 5. The van der Waals surface area contributed by atoms with Gasteiger partial charge in [-0.1, -0.05) is 23.2 Å². The van der Waals surface area contributed by atoms with Crippen LogP contribution < -0.4 is 9.57 Å². The molecule has 2 rings (SSSR count). The summed E-state index contributed by atoms with van der Waals surface area (Å²) in [5.74, 6) is 0.526. The van der Waals surface area contributed by atoms with E-state index in [0.717, 1.165) is 5.56 Å². The van der Waals surface area contributed by atoms with Crippen molar-refractivity contribution in [1.29, 1.82) is 0 Å². The van der Waals surface area contributed by atoms with E-state index in [4.69, 9.17) is 27.9 Å². The van der Waals surface area contributed by atoms with Gasteiger partial charge in [0.05, 0.1) is 30.0 Å². The minimum absolute atomic E-state index is 0.0136. The van der Waals surface area contributed by atoms with E-state index in [9.17, 15) is 13.5 Å². The van der Waals surface area contributed by atoms with Gasteiger partial charge in [0, 0.05) is 5.56 Å². The van der Waals surface area contributed by atoms with Crippen LogP contribution in [0.15, 0.2) is 40.3 Å². The first-order chi connectivity index (χ1) is 11.8. The first kappa shape index (κ1) is 19.5. The van der Waals surface area contributed by atoms with Crippen LogP contribution >= 0.6 is 23.2 Å². The Morgan fingerprint density at radius 2 is 1.88 bits per heavy atom. The average molecular weight is 403 g/mol. The third-order valence-electron chi connectivity index (χ3n) is 3.27. The summed E-state index contributed by atoms with van der Waals surface area (Å²) in [5, 5.41) is 13.0. The van der Waals surface area contributed by atoms with E-state index in [1.54, 1.807) is 25.1 Å². The molecule has 25 heavy (non-hydrogen) atoms. The van der Waals surface area contributed by atoms with Crippen LogP contribution in [-0.2, 0) is 16.6 Å². The number of nitrogens with one attached hydrogen (secondary N) is 1. The Labute approximate surface area is 156 Å². The molecule has 0 radical (unpaired) electrons. The van der Waals surface area contributed by atoms with Crippen LogP contribution in [0.1, 0.15) is 16.7 Å². The molecule has 134 valence electrons. The molecular weight excluding hydrogens is 387 g/mol. The van der Waals surface area contributed by atoms with Gasteiger partial charge in [-0.15, -0.1) is 0 Å². The molecular formula is C16H16Cl2N2O4S. The highest BCUT2D eigenvalue weighted by molar-refractivity contribution is 7.89. The minimum Gasteiger partial charge on any atom is -0.496 e. The maximum Gasteiger partial charge on any atom is 0.279 e. The third-order valence-corrected chi connectivity index (χ3v) is 5.42. The zero-order valence-electron chi connectivity index (χ0n) is 13.5. The number of hydrogen-bond donors (Lipinski definition) is 2. The van der Waals surface area contributed by atoms with Gasteiger partial charge in [0.25, 0.3) is 10.0 Å². The molecule has 0 heterocycles. The number of halogens is 2. The van der Waals surface area contributed by atoms with Crippen molar-refractivity contribution >= 4 is 39.4 Å². The molecule has 0 atom stereocenters. The highest BCUT2D eigenvalue weighted by atomic mass is 35.5. The van der Waals surface area contributed by atoms with E-state index in [-0.39, 0.29) is 21.5 Å². The molecule has 0 saturated heterocycles. The highest BCUT2D eigenvalue weighted by Crippen LogP contribution is 2.30. The second kappa shape index (κ2) is 8.05. The second-order valence-electron chi connectivity index (χ2n) is 5.14. The highest BCUT2D eigenvalue weighted by Gasteiger charge is 2.21. The normalized spacial score (nSPS) is 11.7. The lowest BCUT2D eigenvalue weighted by atomic mass is 10.1. The van der Waals surface area contributed by atoms with Crippen molar-refractivity contribution < 1.29 is 18.3 Å². The Kier molecular flexibility index (Phi) is 6.29. The van der Waals surface area contributed by atoms with Crippen LogP contribution in [-0.4, -0.2) is 26.8 Å². The molecule has 2 aromatic carbocycles.